The molecule has 1 aliphatic rings. The fourth-order valence-electron chi connectivity index (χ4n) is 2.84. The van der Waals surface area contributed by atoms with Gasteiger partial charge in [0.1, 0.15) is 0 Å². The van der Waals surface area contributed by atoms with E-state index in [4.69, 9.17) is 0 Å². The summed E-state index contributed by atoms with van der Waals surface area (Å²) in [6.07, 6.45) is 0.115. The van der Waals surface area contributed by atoms with Gasteiger partial charge in [-0.15, -0.1) is 0 Å². The summed E-state index contributed by atoms with van der Waals surface area (Å²) in [7, 11) is -1.70. The van der Waals surface area contributed by atoms with E-state index in [0.717, 1.165) is 17.9 Å². The predicted molar refractivity (Wildman–Crippen MR) is 88.8 cm³/mol. The van der Waals surface area contributed by atoms with Crippen LogP contribution in [0.15, 0.2) is 12.1 Å². The van der Waals surface area contributed by atoms with E-state index in [1.54, 1.807) is 0 Å². The lowest BCUT2D eigenvalue weighted by Crippen LogP contribution is -2.40. The summed E-state index contributed by atoms with van der Waals surface area (Å²) in [5, 5.41) is 0. The highest BCUT2D eigenvalue weighted by Gasteiger charge is 2.33. The molecule has 1 fully saturated rings. The largest absolute Gasteiger partial charge is 0.342 e. The Morgan fingerprint density at radius 3 is 2.38 bits per heavy atom. The van der Waals surface area contributed by atoms with Crippen molar-refractivity contribution in [3.8, 4) is 0 Å². The average molecular weight is 392 g/mol. The van der Waals surface area contributed by atoms with Gasteiger partial charge in [-0.1, -0.05) is 0 Å². The van der Waals surface area contributed by atoms with Crippen LogP contribution in [-0.2, 0) is 19.4 Å². The van der Waals surface area contributed by atoms with Gasteiger partial charge in [-0.3, -0.25) is 9.59 Å². The fraction of sp³-hybridized carbons (Fsp3) is 0.500. The summed E-state index contributed by atoms with van der Waals surface area (Å²) < 4.78 is 63.4. The normalized spacial score (nSPS) is 18.6. The first-order chi connectivity index (χ1) is 12.0. The Kier molecular flexibility index (Phi) is 5.94. The number of sulfone groups is 1. The van der Waals surface area contributed by atoms with Gasteiger partial charge < -0.3 is 9.80 Å². The number of carbonyl (C=O) groups excluding carboxylic acids is 2. The molecule has 0 aromatic heterocycles. The van der Waals surface area contributed by atoms with E-state index in [9.17, 15) is 31.2 Å². The molecule has 2 amide bonds. The number of hydrogen-bond donors (Lipinski definition) is 0. The molecule has 1 heterocycles. The Morgan fingerprint density at radius 1 is 1.19 bits per heavy atom. The number of halogens is 3. The molecular weight excluding hydrogens is 373 g/mol. The van der Waals surface area contributed by atoms with Crippen molar-refractivity contribution in [1.82, 2.24) is 4.90 Å². The molecule has 1 aliphatic heterocycles. The molecule has 6 nitrogen and oxygen atoms in total. The van der Waals surface area contributed by atoms with Crippen molar-refractivity contribution in [3.05, 3.63) is 29.6 Å². The summed E-state index contributed by atoms with van der Waals surface area (Å²) in [6, 6.07) is 1.17. The summed E-state index contributed by atoms with van der Waals surface area (Å²) in [5.74, 6) is -5.78. The highest BCUT2D eigenvalue weighted by Crippen LogP contribution is 2.24. The van der Waals surface area contributed by atoms with Crippen LogP contribution in [-0.4, -0.2) is 56.3 Å². The third-order valence-electron chi connectivity index (χ3n) is 4.38. The number of nitrogens with zero attached hydrogens (tertiary/aromatic N) is 2. The lowest BCUT2D eigenvalue weighted by Gasteiger charge is -2.26. The standard InChI is InChI=1S/C16H19F3N2O4S/c1-10(22)21(13-4-3-12(17)15(18)16(13)19)7-5-14(23)20(2)11-6-8-26(24,25)9-11/h3-4,11H,5-9H2,1-2H3. The zero-order chi connectivity index (χ0) is 19.6. The highest BCUT2D eigenvalue weighted by molar-refractivity contribution is 7.91. The summed E-state index contributed by atoms with van der Waals surface area (Å²) in [5.41, 5.74) is -0.463. The lowest BCUT2D eigenvalue weighted by molar-refractivity contribution is -0.131. The van der Waals surface area contributed by atoms with Crippen molar-refractivity contribution in [3.63, 3.8) is 0 Å². The molecule has 1 aromatic rings. The number of benzene rings is 1. The average Bonchev–Trinajstić information content (AvgIpc) is 2.93. The van der Waals surface area contributed by atoms with E-state index in [2.05, 4.69) is 0 Å². The van der Waals surface area contributed by atoms with Gasteiger partial charge in [-0.25, -0.2) is 21.6 Å². The predicted octanol–water partition coefficient (Wildman–Crippen LogP) is 1.49. The van der Waals surface area contributed by atoms with E-state index in [1.165, 1.54) is 11.9 Å². The minimum atomic E-state index is -3.16. The molecule has 0 spiro atoms. The molecule has 0 aliphatic carbocycles. The van der Waals surface area contributed by atoms with Crippen molar-refractivity contribution in [2.45, 2.75) is 25.8 Å². The molecular formula is C16H19F3N2O4S. The quantitative estimate of drug-likeness (QED) is 0.712. The Hall–Kier alpha value is -2.10. The second-order valence-corrected chi connectivity index (χ2v) is 8.41. The van der Waals surface area contributed by atoms with E-state index >= 15 is 0 Å². The van der Waals surface area contributed by atoms with Gasteiger partial charge in [-0.05, 0) is 18.6 Å². The topological polar surface area (TPSA) is 74.8 Å². The van der Waals surface area contributed by atoms with Crippen molar-refractivity contribution in [2.24, 2.45) is 0 Å². The van der Waals surface area contributed by atoms with Gasteiger partial charge in [0, 0.05) is 33.0 Å². The Bertz CT molecular complexity index is 829. The van der Waals surface area contributed by atoms with Crippen LogP contribution in [0.4, 0.5) is 18.9 Å². The molecule has 1 aromatic carbocycles. The van der Waals surface area contributed by atoms with Gasteiger partial charge in [0.15, 0.2) is 27.3 Å². The third-order valence-corrected chi connectivity index (χ3v) is 6.13. The lowest BCUT2D eigenvalue weighted by atomic mass is 10.2. The summed E-state index contributed by atoms with van der Waals surface area (Å²) in [4.78, 5) is 26.2. The molecule has 1 unspecified atom stereocenters. The van der Waals surface area contributed by atoms with Crippen LogP contribution >= 0.6 is 0 Å². The first kappa shape index (κ1) is 20.2. The summed E-state index contributed by atoms with van der Waals surface area (Å²) >= 11 is 0. The zero-order valence-electron chi connectivity index (χ0n) is 14.3. The van der Waals surface area contributed by atoms with Crippen molar-refractivity contribution >= 4 is 27.3 Å². The number of rotatable bonds is 5. The van der Waals surface area contributed by atoms with Crippen LogP contribution in [0.5, 0.6) is 0 Å². The van der Waals surface area contributed by atoms with Crippen LogP contribution in [0.3, 0.4) is 0 Å². The Labute approximate surface area is 149 Å². The Morgan fingerprint density at radius 2 is 1.85 bits per heavy atom. The van der Waals surface area contributed by atoms with E-state index in [-0.39, 0.29) is 24.5 Å². The van der Waals surface area contributed by atoms with Gasteiger partial charge in [0.25, 0.3) is 0 Å². The SMILES string of the molecule is CC(=O)N(CCC(=O)N(C)C1CCS(=O)(=O)C1)c1ccc(F)c(F)c1F. The zero-order valence-corrected chi connectivity index (χ0v) is 15.2. The molecule has 1 atom stereocenters. The van der Waals surface area contributed by atoms with Gasteiger partial charge in [-0.2, -0.15) is 0 Å². The van der Waals surface area contributed by atoms with Crippen LogP contribution < -0.4 is 4.90 Å². The molecule has 26 heavy (non-hydrogen) atoms. The molecule has 0 radical (unpaired) electrons. The number of hydrogen-bond acceptors (Lipinski definition) is 4. The van der Waals surface area contributed by atoms with Crippen LogP contribution in [0.2, 0.25) is 0 Å². The van der Waals surface area contributed by atoms with Crippen LogP contribution in [0, 0.1) is 17.5 Å². The van der Waals surface area contributed by atoms with Crippen molar-refractivity contribution in [2.75, 3.05) is 30.0 Å². The first-order valence-corrected chi connectivity index (χ1v) is 9.73. The van der Waals surface area contributed by atoms with Gasteiger partial charge in [0.05, 0.1) is 17.2 Å². The highest BCUT2D eigenvalue weighted by atomic mass is 32.2. The second kappa shape index (κ2) is 7.65. The van der Waals surface area contributed by atoms with Gasteiger partial charge >= 0.3 is 0 Å². The van der Waals surface area contributed by atoms with Crippen molar-refractivity contribution < 1.29 is 31.2 Å². The van der Waals surface area contributed by atoms with E-state index in [0.29, 0.717) is 12.5 Å². The van der Waals surface area contributed by atoms with Gasteiger partial charge in [0.2, 0.25) is 11.8 Å². The maximum atomic E-state index is 13.9. The molecule has 0 saturated carbocycles. The smallest absolute Gasteiger partial charge is 0.224 e. The summed E-state index contributed by atoms with van der Waals surface area (Å²) in [6.45, 7) is 0.860. The molecule has 1 saturated heterocycles. The molecule has 10 heteroatoms. The first-order valence-electron chi connectivity index (χ1n) is 7.91. The second-order valence-electron chi connectivity index (χ2n) is 6.18. The monoisotopic (exact) mass is 392 g/mol. The van der Waals surface area contributed by atoms with Crippen molar-refractivity contribution in [1.29, 1.82) is 0 Å². The van der Waals surface area contributed by atoms with Crippen LogP contribution in [0.1, 0.15) is 19.8 Å². The van der Waals surface area contributed by atoms with E-state index in [1.807, 2.05) is 0 Å². The number of anilines is 1. The van der Waals surface area contributed by atoms with E-state index < -0.39 is 50.8 Å². The molecule has 144 valence electrons. The Balaban J connectivity index is 2.08. The minimum Gasteiger partial charge on any atom is -0.342 e. The fourth-order valence-corrected chi connectivity index (χ4v) is 4.61. The maximum absolute atomic E-state index is 13.9. The number of amides is 2. The number of carbonyl (C=O) groups is 2. The third kappa shape index (κ3) is 4.35. The molecule has 0 N–H and O–H groups in total. The minimum absolute atomic E-state index is 0.00885. The molecule has 0 bridgehead atoms. The molecule has 2 rings (SSSR count). The maximum Gasteiger partial charge on any atom is 0.224 e. The van der Waals surface area contributed by atoms with Crippen LogP contribution in [0.25, 0.3) is 0 Å².